The van der Waals surface area contributed by atoms with E-state index in [9.17, 15) is 19.2 Å². The Labute approximate surface area is 351 Å². The first-order valence-electron chi connectivity index (χ1n) is 20.7. The zero-order valence-electron chi connectivity index (χ0n) is 35.0. The molecule has 2 aromatic heterocycles. The molecule has 4 heterocycles. The monoisotopic (exact) mass is 836 g/mol. The number of fused-ring (bicyclic) bond motifs is 4. The number of nitrogens with one attached hydrogen (secondary N) is 4. The molecule has 4 N–H and O–H groups in total. The Bertz CT molecular complexity index is 2510. The van der Waals surface area contributed by atoms with Gasteiger partial charge in [0.15, 0.2) is 0 Å². The van der Waals surface area contributed by atoms with Gasteiger partial charge in [-0.15, -0.1) is 0 Å². The fourth-order valence-corrected chi connectivity index (χ4v) is 8.98. The summed E-state index contributed by atoms with van der Waals surface area (Å²) in [6.07, 6.45) is 3.13. The molecule has 0 saturated carbocycles. The van der Waals surface area contributed by atoms with Gasteiger partial charge in [0.25, 0.3) is 5.92 Å². The van der Waals surface area contributed by atoms with Gasteiger partial charge in [-0.2, -0.15) is 8.78 Å². The largest absolute Gasteiger partial charge is 0.453 e. The minimum atomic E-state index is -3.28. The summed E-state index contributed by atoms with van der Waals surface area (Å²) in [5.41, 5.74) is 4.53. The van der Waals surface area contributed by atoms with E-state index in [1.807, 2.05) is 52.0 Å². The van der Waals surface area contributed by atoms with Crippen molar-refractivity contribution >= 4 is 35.0 Å². The summed E-state index contributed by atoms with van der Waals surface area (Å²) in [6, 6.07) is 13.5. The smallest absolute Gasteiger partial charge is 0.407 e. The van der Waals surface area contributed by atoms with Crippen molar-refractivity contribution in [1.82, 2.24) is 40.4 Å². The second-order valence-corrected chi connectivity index (χ2v) is 16.7. The van der Waals surface area contributed by atoms with Crippen molar-refractivity contribution in [2.45, 2.75) is 83.5 Å². The molecular weight excluding hydrogens is 787 g/mol. The summed E-state index contributed by atoms with van der Waals surface area (Å²) in [4.78, 5) is 70.9. The average molecular weight is 837 g/mol. The molecule has 5 aromatic rings. The number of carbonyl (C=O) groups excluding carboxylic acids is 4. The van der Waals surface area contributed by atoms with Crippen LogP contribution in [0.25, 0.3) is 44.5 Å². The molecule has 0 radical (unpaired) electrons. The number of methoxy groups -OCH3 is 2. The van der Waals surface area contributed by atoms with Crippen molar-refractivity contribution in [1.29, 1.82) is 0 Å². The molecule has 3 aliphatic rings. The second kappa shape index (κ2) is 16.3. The van der Waals surface area contributed by atoms with Crippen LogP contribution in [0.1, 0.15) is 88.2 Å². The third-order valence-electron chi connectivity index (χ3n) is 12.2. The van der Waals surface area contributed by atoms with Gasteiger partial charge < -0.3 is 39.9 Å². The van der Waals surface area contributed by atoms with Crippen molar-refractivity contribution < 1.29 is 37.4 Å². The Morgan fingerprint density at radius 3 is 1.79 bits per heavy atom. The van der Waals surface area contributed by atoms with Crippen LogP contribution < -0.4 is 10.6 Å². The molecule has 2 aliphatic heterocycles. The SMILES string of the molecule is COC(=O)N[C@H](C(=O)N1CCC[C@H]1c1ncc(-c2ccc3c(c2)C(F)(F)c2cc(-c4ccc5nc([C@@H]6CCCN6C(=O)[C@@H](NC(=O)OC)C(C)C)[nH]c5c4)ccc2-3)[nH]1)C(C)C. The fourth-order valence-electron chi connectivity index (χ4n) is 8.98. The predicted molar refractivity (Wildman–Crippen MR) is 223 cm³/mol. The molecular formula is C45H50F2N8O6. The zero-order valence-corrected chi connectivity index (χ0v) is 35.0. The molecule has 14 nitrogen and oxygen atoms in total. The molecule has 0 bridgehead atoms. The Morgan fingerprint density at radius 2 is 1.23 bits per heavy atom. The number of H-pyrrole nitrogens is 2. The highest BCUT2D eigenvalue weighted by atomic mass is 19.3. The van der Waals surface area contributed by atoms with E-state index in [-0.39, 0.29) is 46.9 Å². The zero-order chi connectivity index (χ0) is 43.3. The van der Waals surface area contributed by atoms with E-state index in [4.69, 9.17) is 14.5 Å². The summed E-state index contributed by atoms with van der Waals surface area (Å²) >= 11 is 0. The topological polar surface area (TPSA) is 175 Å². The van der Waals surface area contributed by atoms with Crippen LogP contribution in [0.5, 0.6) is 0 Å². The van der Waals surface area contributed by atoms with Gasteiger partial charge in [0.2, 0.25) is 11.8 Å². The van der Waals surface area contributed by atoms with Gasteiger partial charge in [-0.25, -0.2) is 19.6 Å². The molecule has 3 aromatic carbocycles. The summed E-state index contributed by atoms with van der Waals surface area (Å²) in [5, 5.41) is 5.32. The lowest BCUT2D eigenvalue weighted by Crippen LogP contribution is -2.51. The average Bonchev–Trinajstić information content (AvgIpc) is 4.10. The first kappa shape index (κ1) is 41.4. The minimum absolute atomic E-state index is 0.0893. The third kappa shape index (κ3) is 7.56. The molecule has 0 spiro atoms. The fraction of sp³-hybridized carbons (Fsp3) is 0.422. The van der Waals surface area contributed by atoms with Gasteiger partial charge in [-0.1, -0.05) is 58.0 Å². The highest BCUT2D eigenvalue weighted by Gasteiger charge is 2.45. The van der Waals surface area contributed by atoms with E-state index in [0.29, 0.717) is 76.6 Å². The Balaban J connectivity index is 1.01. The summed E-state index contributed by atoms with van der Waals surface area (Å²) in [7, 11) is 2.51. The van der Waals surface area contributed by atoms with E-state index >= 15 is 8.78 Å². The second-order valence-electron chi connectivity index (χ2n) is 16.7. The van der Waals surface area contributed by atoms with E-state index in [1.54, 1.807) is 40.3 Å². The number of alkyl carbamates (subject to hydrolysis) is 2. The minimum Gasteiger partial charge on any atom is -0.453 e. The number of aromatic amines is 2. The molecule has 1 aliphatic carbocycles. The van der Waals surface area contributed by atoms with E-state index < -0.39 is 30.2 Å². The summed E-state index contributed by atoms with van der Waals surface area (Å²) < 4.78 is 42.5. The number of rotatable bonds is 10. The predicted octanol–water partition coefficient (Wildman–Crippen LogP) is 7.83. The molecule has 2 saturated heterocycles. The van der Waals surface area contributed by atoms with Crippen molar-refractivity contribution in [2.24, 2.45) is 11.8 Å². The molecule has 0 unspecified atom stereocenters. The number of alkyl halides is 2. The van der Waals surface area contributed by atoms with Gasteiger partial charge in [-0.05, 0) is 84.0 Å². The number of likely N-dealkylation sites (tertiary alicyclic amines) is 2. The number of carbonyl (C=O) groups is 4. The van der Waals surface area contributed by atoms with Gasteiger partial charge in [0, 0.05) is 29.8 Å². The maximum absolute atomic E-state index is 16.5. The van der Waals surface area contributed by atoms with Crippen LogP contribution in [-0.2, 0) is 25.0 Å². The molecule has 61 heavy (non-hydrogen) atoms. The van der Waals surface area contributed by atoms with Crippen LogP contribution in [0.3, 0.4) is 0 Å². The number of aromatic nitrogens is 4. The van der Waals surface area contributed by atoms with Crippen LogP contribution in [0, 0.1) is 11.8 Å². The number of halogens is 2. The number of benzene rings is 3. The van der Waals surface area contributed by atoms with E-state index in [1.165, 1.54) is 20.3 Å². The van der Waals surface area contributed by atoms with Crippen LogP contribution >= 0.6 is 0 Å². The first-order chi connectivity index (χ1) is 29.2. The highest BCUT2D eigenvalue weighted by Crippen LogP contribution is 2.53. The Morgan fingerprint density at radius 1 is 0.721 bits per heavy atom. The van der Waals surface area contributed by atoms with Gasteiger partial charge in [0.05, 0.1) is 49.2 Å². The van der Waals surface area contributed by atoms with E-state index in [2.05, 4.69) is 25.6 Å². The van der Waals surface area contributed by atoms with Crippen molar-refractivity contribution in [3.8, 4) is 33.5 Å². The molecule has 4 atom stereocenters. The summed E-state index contributed by atoms with van der Waals surface area (Å²) in [6.45, 7) is 8.44. The number of ether oxygens (including phenoxy) is 2. The Hall–Kier alpha value is -6.32. The lowest BCUT2D eigenvalue weighted by molar-refractivity contribution is -0.136. The third-order valence-corrected chi connectivity index (χ3v) is 12.2. The number of hydrogen-bond donors (Lipinski definition) is 4. The number of imidazole rings is 2. The highest BCUT2D eigenvalue weighted by molar-refractivity contribution is 5.89. The standard InChI is InChI=1S/C45H50F2N8O6/c1-23(2)37(52-43(58)60-5)41(56)54-17-7-9-35(54)39-48-22-34(51-39)27-12-15-29-28-14-11-25(19-30(28)45(46,47)31(29)20-27)26-13-16-32-33(21-26)50-40(49-32)36-10-8-18-55(36)42(57)38(24(3)4)53-44(59)61-6/h11-16,19-24,35-38H,7-10,17-18H2,1-6H3,(H,48,51)(H,49,50)(H,52,58)(H,53,59)/t35-,36-,37-,38-/m0/s1. The van der Waals surface area contributed by atoms with Crippen LogP contribution in [0.4, 0.5) is 18.4 Å². The maximum Gasteiger partial charge on any atom is 0.407 e. The van der Waals surface area contributed by atoms with Crippen molar-refractivity contribution in [2.75, 3.05) is 27.3 Å². The number of hydrogen-bond acceptors (Lipinski definition) is 8. The van der Waals surface area contributed by atoms with Gasteiger partial charge >= 0.3 is 12.2 Å². The summed E-state index contributed by atoms with van der Waals surface area (Å²) in [5.74, 6) is -2.91. The quantitative estimate of drug-likeness (QED) is 0.110. The molecule has 4 amide bonds. The van der Waals surface area contributed by atoms with Crippen LogP contribution in [-0.4, -0.2) is 93.1 Å². The van der Waals surface area contributed by atoms with Crippen LogP contribution in [0.15, 0.2) is 60.8 Å². The van der Waals surface area contributed by atoms with Crippen molar-refractivity contribution in [3.05, 3.63) is 83.6 Å². The number of amides is 4. The molecule has 320 valence electrons. The maximum atomic E-state index is 16.5. The number of nitrogens with zero attached hydrogens (tertiary/aromatic N) is 4. The lowest BCUT2D eigenvalue weighted by atomic mass is 9.98. The molecule has 2 fully saturated rings. The normalized spacial score (nSPS) is 18.9. The van der Waals surface area contributed by atoms with Gasteiger partial charge in [0.1, 0.15) is 23.7 Å². The molecule has 16 heteroatoms. The first-order valence-corrected chi connectivity index (χ1v) is 20.7. The molecule has 8 rings (SSSR count). The lowest BCUT2D eigenvalue weighted by Gasteiger charge is -2.30. The Kier molecular flexibility index (Phi) is 11.0. The van der Waals surface area contributed by atoms with Crippen LogP contribution in [0.2, 0.25) is 0 Å². The van der Waals surface area contributed by atoms with Crippen molar-refractivity contribution in [3.63, 3.8) is 0 Å². The van der Waals surface area contributed by atoms with E-state index in [0.717, 1.165) is 18.4 Å². The van der Waals surface area contributed by atoms with Gasteiger partial charge in [-0.3, -0.25) is 9.59 Å².